The van der Waals surface area contributed by atoms with Crippen LogP contribution < -0.4 is 10.6 Å². The van der Waals surface area contributed by atoms with E-state index in [1.54, 1.807) is 12.1 Å². The van der Waals surface area contributed by atoms with Gasteiger partial charge in [0.15, 0.2) is 5.84 Å². The van der Waals surface area contributed by atoms with Crippen LogP contribution >= 0.6 is 11.6 Å². The topological polar surface area (TPSA) is 71.1 Å². The molecule has 1 rings (SSSR count). The molecule has 3 N–H and O–H groups in total. The van der Waals surface area contributed by atoms with Gasteiger partial charge in [0, 0.05) is 24.8 Å². The highest BCUT2D eigenvalue weighted by Crippen LogP contribution is 2.23. The Hall–Kier alpha value is -1.46. The van der Waals surface area contributed by atoms with Crippen LogP contribution in [0.5, 0.6) is 0 Å². The third-order valence-electron chi connectivity index (χ3n) is 2.66. The molecule has 0 spiro atoms. The third-order valence-corrected chi connectivity index (χ3v) is 2.97. The van der Waals surface area contributed by atoms with Gasteiger partial charge >= 0.3 is 0 Å². The van der Waals surface area contributed by atoms with Crippen LogP contribution in [0.1, 0.15) is 19.4 Å². The van der Waals surface area contributed by atoms with Crippen molar-refractivity contribution in [3.63, 3.8) is 0 Å². The monoisotopic (exact) mass is 285 g/mol. The van der Waals surface area contributed by atoms with E-state index < -0.39 is 0 Å². The van der Waals surface area contributed by atoms with Gasteiger partial charge in [-0.05, 0) is 32.0 Å². The number of amidine groups is 1. The van der Waals surface area contributed by atoms with Gasteiger partial charge in [0.25, 0.3) is 0 Å². The molecule has 0 unspecified atom stereocenters. The van der Waals surface area contributed by atoms with Gasteiger partial charge in [0.2, 0.25) is 0 Å². The van der Waals surface area contributed by atoms with Gasteiger partial charge in [0.1, 0.15) is 0 Å². The van der Waals surface area contributed by atoms with Crippen molar-refractivity contribution in [3.05, 3.63) is 28.8 Å². The maximum absolute atomic E-state index is 8.64. The maximum atomic E-state index is 8.64. The van der Waals surface area contributed by atoms with Gasteiger partial charge in [-0.25, -0.2) is 0 Å². The Morgan fingerprint density at radius 2 is 2.21 bits per heavy atom. The van der Waals surface area contributed by atoms with Gasteiger partial charge in [-0.1, -0.05) is 16.8 Å². The van der Waals surface area contributed by atoms with Crippen LogP contribution in [0.25, 0.3) is 0 Å². The number of rotatable bonds is 6. The van der Waals surface area contributed by atoms with Crippen LogP contribution in [0.2, 0.25) is 5.02 Å². The van der Waals surface area contributed by atoms with Crippen LogP contribution in [0.15, 0.2) is 23.4 Å². The van der Waals surface area contributed by atoms with Gasteiger partial charge in [-0.15, -0.1) is 0 Å². The Kier molecular flexibility index (Phi) is 5.92. The average molecular weight is 286 g/mol. The summed E-state index contributed by atoms with van der Waals surface area (Å²) in [7, 11) is 1.96. The molecule has 0 fully saturated rings. The number of nitrogens with two attached hydrogens (primary N) is 1. The number of halogens is 1. The van der Waals surface area contributed by atoms with Crippen molar-refractivity contribution < 1.29 is 9.94 Å². The van der Waals surface area contributed by atoms with Crippen molar-refractivity contribution >= 4 is 23.1 Å². The molecule has 0 heterocycles. The number of benzene rings is 1. The highest BCUT2D eigenvalue weighted by Gasteiger charge is 2.08. The van der Waals surface area contributed by atoms with Crippen LogP contribution in [0.4, 0.5) is 5.69 Å². The van der Waals surface area contributed by atoms with E-state index in [-0.39, 0.29) is 11.9 Å². The summed E-state index contributed by atoms with van der Waals surface area (Å²) in [5.74, 6) is 0.00217. The van der Waals surface area contributed by atoms with Crippen LogP contribution in [-0.2, 0) is 4.74 Å². The molecular weight excluding hydrogens is 266 g/mol. The van der Waals surface area contributed by atoms with Crippen molar-refractivity contribution in [1.82, 2.24) is 0 Å². The lowest BCUT2D eigenvalue weighted by atomic mass is 10.2. The van der Waals surface area contributed by atoms with E-state index in [0.717, 1.165) is 12.2 Å². The summed E-state index contributed by atoms with van der Waals surface area (Å²) in [5.41, 5.74) is 6.98. The second-order valence-corrected chi connectivity index (χ2v) is 4.90. The first kappa shape index (κ1) is 15.6. The maximum Gasteiger partial charge on any atom is 0.171 e. The fraction of sp³-hybridized carbons (Fsp3) is 0.462. The smallest absolute Gasteiger partial charge is 0.171 e. The van der Waals surface area contributed by atoms with Gasteiger partial charge < -0.3 is 20.6 Å². The largest absolute Gasteiger partial charge is 0.409 e. The fourth-order valence-corrected chi connectivity index (χ4v) is 1.83. The lowest BCUT2D eigenvalue weighted by molar-refractivity contribution is 0.0846. The average Bonchev–Trinajstić information content (AvgIpc) is 2.37. The Bertz CT molecular complexity index is 450. The summed E-state index contributed by atoms with van der Waals surface area (Å²) < 4.78 is 5.50. The first-order chi connectivity index (χ1) is 8.95. The molecule has 6 heteroatoms. The summed E-state index contributed by atoms with van der Waals surface area (Å²) in [5, 5.41) is 12.0. The second kappa shape index (κ2) is 7.21. The Morgan fingerprint density at radius 1 is 1.53 bits per heavy atom. The van der Waals surface area contributed by atoms with E-state index in [1.807, 2.05) is 31.9 Å². The SMILES string of the molecule is CC(C)OCCN(C)c1ccc(/C(N)=N/O)c(Cl)c1. The van der Waals surface area contributed by atoms with Crippen LogP contribution in [-0.4, -0.2) is 37.3 Å². The number of oxime groups is 1. The van der Waals surface area contributed by atoms with Crippen LogP contribution in [0.3, 0.4) is 0 Å². The molecule has 0 aromatic heterocycles. The zero-order valence-electron chi connectivity index (χ0n) is 11.4. The zero-order chi connectivity index (χ0) is 14.4. The number of hydrogen-bond acceptors (Lipinski definition) is 4. The first-order valence-electron chi connectivity index (χ1n) is 6.06. The molecule has 0 radical (unpaired) electrons. The van der Waals surface area contributed by atoms with Crippen molar-refractivity contribution in [3.8, 4) is 0 Å². The molecule has 5 nitrogen and oxygen atoms in total. The predicted octanol–water partition coefficient (Wildman–Crippen LogP) is 2.30. The Labute approximate surface area is 118 Å². The molecule has 0 aliphatic heterocycles. The molecule has 0 atom stereocenters. The van der Waals surface area contributed by atoms with Crippen molar-refractivity contribution in [2.24, 2.45) is 10.9 Å². The summed E-state index contributed by atoms with van der Waals surface area (Å²) in [4.78, 5) is 2.03. The number of likely N-dealkylation sites (N-methyl/N-ethyl adjacent to an activating group) is 1. The number of hydrogen-bond donors (Lipinski definition) is 2. The van der Waals surface area contributed by atoms with Gasteiger partial charge in [-0.2, -0.15) is 0 Å². The van der Waals surface area contributed by atoms with Crippen molar-refractivity contribution in [2.75, 3.05) is 25.1 Å². The standard InChI is InChI=1S/C13H20ClN3O2/c1-9(2)19-7-6-17(3)10-4-5-11(12(14)8-10)13(15)16-18/h4-5,8-9,18H,6-7H2,1-3H3,(H2,15,16). The Morgan fingerprint density at radius 3 is 2.74 bits per heavy atom. The molecule has 19 heavy (non-hydrogen) atoms. The Balaban J connectivity index is 2.72. The van der Waals surface area contributed by atoms with E-state index in [4.69, 9.17) is 27.3 Å². The summed E-state index contributed by atoms with van der Waals surface area (Å²) >= 11 is 6.10. The summed E-state index contributed by atoms with van der Waals surface area (Å²) in [6.07, 6.45) is 0.222. The van der Waals surface area contributed by atoms with Gasteiger partial charge in [0.05, 0.1) is 17.7 Å². The lowest BCUT2D eigenvalue weighted by Crippen LogP contribution is -2.24. The third kappa shape index (κ3) is 4.61. The van der Waals surface area contributed by atoms with E-state index in [1.165, 1.54) is 0 Å². The quantitative estimate of drug-likeness (QED) is 0.364. The molecule has 0 amide bonds. The normalized spacial score (nSPS) is 11.9. The van der Waals surface area contributed by atoms with Crippen LogP contribution in [0, 0.1) is 0 Å². The number of nitrogens with zero attached hydrogens (tertiary/aromatic N) is 2. The minimum Gasteiger partial charge on any atom is -0.409 e. The van der Waals surface area contributed by atoms with E-state index in [0.29, 0.717) is 17.2 Å². The predicted molar refractivity (Wildman–Crippen MR) is 78.3 cm³/mol. The molecule has 0 aliphatic carbocycles. The van der Waals surface area contributed by atoms with Crippen molar-refractivity contribution in [2.45, 2.75) is 20.0 Å². The molecule has 1 aromatic carbocycles. The van der Waals surface area contributed by atoms with Crippen molar-refractivity contribution in [1.29, 1.82) is 0 Å². The highest BCUT2D eigenvalue weighted by molar-refractivity contribution is 6.34. The molecule has 1 aromatic rings. The molecular formula is C13H20ClN3O2. The molecule has 0 saturated heterocycles. The molecule has 106 valence electrons. The zero-order valence-corrected chi connectivity index (χ0v) is 12.2. The highest BCUT2D eigenvalue weighted by atomic mass is 35.5. The molecule has 0 aliphatic rings. The van der Waals surface area contributed by atoms with E-state index >= 15 is 0 Å². The van der Waals surface area contributed by atoms with E-state index in [9.17, 15) is 0 Å². The van der Waals surface area contributed by atoms with E-state index in [2.05, 4.69) is 5.16 Å². The summed E-state index contributed by atoms with van der Waals surface area (Å²) in [6, 6.07) is 5.38. The molecule has 0 bridgehead atoms. The molecule has 0 saturated carbocycles. The summed E-state index contributed by atoms with van der Waals surface area (Å²) in [6.45, 7) is 5.41. The minimum absolute atomic E-state index is 0.00217. The number of ether oxygens (including phenoxy) is 1. The minimum atomic E-state index is 0.00217. The van der Waals surface area contributed by atoms with Gasteiger partial charge in [-0.3, -0.25) is 0 Å². The first-order valence-corrected chi connectivity index (χ1v) is 6.43. The second-order valence-electron chi connectivity index (χ2n) is 4.49. The lowest BCUT2D eigenvalue weighted by Gasteiger charge is -2.20. The number of anilines is 1. The fourth-order valence-electron chi connectivity index (χ4n) is 1.56.